The average Bonchev–Trinajstić information content (AvgIpc) is 2.69. The summed E-state index contributed by atoms with van der Waals surface area (Å²) in [5.41, 5.74) is -0.350. The van der Waals surface area contributed by atoms with Crippen molar-refractivity contribution in [2.24, 2.45) is 0 Å². The third kappa shape index (κ3) is 3.66. The topological polar surface area (TPSA) is 52.9 Å². The maximum Gasteiger partial charge on any atom is 0.206 e. The molecule has 0 aromatic heterocycles. The van der Waals surface area contributed by atoms with Crippen LogP contribution in [0.1, 0.15) is 12.5 Å². The lowest BCUT2D eigenvalue weighted by Crippen LogP contribution is -2.41. The van der Waals surface area contributed by atoms with E-state index < -0.39 is 12.8 Å². The molecule has 3 nitrogen and oxygen atoms in total. The Morgan fingerprint density at radius 3 is 1.77 bits per heavy atom. The van der Waals surface area contributed by atoms with Crippen LogP contribution in [0.3, 0.4) is 0 Å². The third-order valence-electron chi connectivity index (χ3n) is 4.27. The maximum absolute atomic E-state index is 14.2. The van der Waals surface area contributed by atoms with Crippen LogP contribution in [0.15, 0.2) is 89.4 Å². The first-order chi connectivity index (χ1) is 12.5. The van der Waals surface area contributed by atoms with Crippen molar-refractivity contribution in [2.75, 3.05) is 0 Å². The number of rotatable bonds is 5. The van der Waals surface area contributed by atoms with Gasteiger partial charge in [0.25, 0.3) is 0 Å². The van der Waals surface area contributed by atoms with E-state index in [0.29, 0.717) is 10.6 Å². The van der Waals surface area contributed by atoms with Gasteiger partial charge in [0.05, 0.1) is 6.07 Å². The molecule has 0 saturated heterocycles. The largest absolute Gasteiger partial charge is 0.296 e. The van der Waals surface area contributed by atoms with Gasteiger partial charge in [-0.2, -0.15) is 5.26 Å². The van der Waals surface area contributed by atoms with E-state index >= 15 is 0 Å². The molecular formula is C21H18BrN2OP. The lowest BCUT2D eigenvalue weighted by molar-refractivity contribution is 0.532. The van der Waals surface area contributed by atoms with Gasteiger partial charge in [-0.15, -0.1) is 0 Å². The van der Waals surface area contributed by atoms with Crippen molar-refractivity contribution in [3.8, 4) is 6.07 Å². The number of nitrogens with zero attached hydrogens (tertiary/aromatic N) is 1. The van der Waals surface area contributed by atoms with Crippen LogP contribution < -0.4 is 15.7 Å². The zero-order valence-electron chi connectivity index (χ0n) is 14.3. The van der Waals surface area contributed by atoms with Gasteiger partial charge in [-0.3, -0.25) is 4.57 Å². The summed E-state index contributed by atoms with van der Waals surface area (Å²) in [6.45, 7) is 1.76. The highest BCUT2D eigenvalue weighted by Crippen LogP contribution is 2.43. The van der Waals surface area contributed by atoms with E-state index in [0.717, 1.165) is 10.0 Å². The Kier molecular flexibility index (Phi) is 5.44. The van der Waals surface area contributed by atoms with Crippen LogP contribution in [0.4, 0.5) is 0 Å². The predicted molar refractivity (Wildman–Crippen MR) is 110 cm³/mol. The second-order valence-corrected chi connectivity index (χ2v) is 9.53. The van der Waals surface area contributed by atoms with Gasteiger partial charge in [0.2, 0.25) is 7.29 Å². The summed E-state index contributed by atoms with van der Waals surface area (Å²) in [6, 6.07) is 28.3. The number of nitriles is 1. The molecule has 130 valence electrons. The van der Waals surface area contributed by atoms with Crippen LogP contribution in [0.2, 0.25) is 0 Å². The molecule has 3 aromatic carbocycles. The molecule has 0 unspecified atom stereocenters. The number of nitrogens with one attached hydrogen (secondary N) is 1. The normalized spacial score (nSPS) is 13.6. The number of hydrogen-bond acceptors (Lipinski definition) is 2. The van der Waals surface area contributed by atoms with Crippen LogP contribution >= 0.6 is 23.2 Å². The summed E-state index contributed by atoms with van der Waals surface area (Å²) < 4.78 is 15.1. The molecule has 0 heterocycles. The van der Waals surface area contributed by atoms with Gasteiger partial charge in [-0.25, -0.2) is 5.09 Å². The minimum Gasteiger partial charge on any atom is -0.296 e. The second-order valence-electron chi connectivity index (χ2n) is 6.14. The van der Waals surface area contributed by atoms with Crippen molar-refractivity contribution in [3.63, 3.8) is 0 Å². The first kappa shape index (κ1) is 18.6. The lowest BCUT2D eigenvalue weighted by Gasteiger charge is -2.30. The second kappa shape index (κ2) is 7.60. The van der Waals surface area contributed by atoms with Gasteiger partial charge < -0.3 is 0 Å². The van der Waals surface area contributed by atoms with Crippen molar-refractivity contribution in [2.45, 2.75) is 12.5 Å². The molecule has 0 bridgehead atoms. The molecule has 3 aromatic rings. The van der Waals surface area contributed by atoms with Crippen molar-refractivity contribution in [1.82, 2.24) is 5.09 Å². The molecule has 1 N–H and O–H groups in total. The van der Waals surface area contributed by atoms with Crippen LogP contribution in [0.5, 0.6) is 0 Å². The quantitative estimate of drug-likeness (QED) is 0.603. The highest BCUT2D eigenvalue weighted by Gasteiger charge is 2.37. The van der Waals surface area contributed by atoms with Crippen molar-refractivity contribution in [3.05, 3.63) is 95.0 Å². The maximum atomic E-state index is 14.2. The van der Waals surface area contributed by atoms with E-state index in [1.807, 2.05) is 84.9 Å². The van der Waals surface area contributed by atoms with E-state index in [1.54, 1.807) is 6.92 Å². The monoisotopic (exact) mass is 424 g/mol. The zero-order valence-corrected chi connectivity index (χ0v) is 16.7. The predicted octanol–water partition coefficient (Wildman–Crippen LogP) is 4.71. The fourth-order valence-corrected chi connectivity index (χ4v) is 5.62. The fourth-order valence-electron chi connectivity index (χ4n) is 2.81. The molecule has 0 spiro atoms. The Morgan fingerprint density at radius 2 is 1.35 bits per heavy atom. The summed E-state index contributed by atoms with van der Waals surface area (Å²) in [5.74, 6) is 0. The van der Waals surface area contributed by atoms with Crippen molar-refractivity contribution in [1.29, 1.82) is 5.26 Å². The smallest absolute Gasteiger partial charge is 0.206 e. The van der Waals surface area contributed by atoms with Gasteiger partial charge in [-0.1, -0.05) is 64.5 Å². The molecule has 5 heteroatoms. The molecule has 1 atom stereocenters. The van der Waals surface area contributed by atoms with E-state index in [1.165, 1.54) is 0 Å². The van der Waals surface area contributed by atoms with Crippen LogP contribution in [0, 0.1) is 11.3 Å². The Labute approximate surface area is 162 Å². The summed E-state index contributed by atoms with van der Waals surface area (Å²) in [6.07, 6.45) is 0. The van der Waals surface area contributed by atoms with Crippen LogP contribution in [0.25, 0.3) is 0 Å². The molecule has 0 aliphatic carbocycles. The molecule has 0 aliphatic rings. The standard InChI is InChI=1S/C21H18BrN2OP/c1-21(16-23,17-12-14-18(22)15-13-17)24-26(25,19-8-4-2-5-9-19)20-10-6-3-7-11-20/h2-15H,1H3,(H,24,25)/t21-/m1/s1. The number of benzene rings is 3. The summed E-state index contributed by atoms with van der Waals surface area (Å²) in [4.78, 5) is 0. The van der Waals surface area contributed by atoms with Gasteiger partial charge in [0.1, 0.15) is 5.54 Å². The Hall–Kier alpha value is -2.18. The zero-order chi connectivity index (χ0) is 18.6. The van der Waals surface area contributed by atoms with Gasteiger partial charge in [-0.05, 0) is 48.9 Å². The first-order valence-electron chi connectivity index (χ1n) is 8.16. The molecule has 0 radical (unpaired) electrons. The minimum absolute atomic E-state index is 0.671. The van der Waals surface area contributed by atoms with Gasteiger partial charge in [0.15, 0.2) is 0 Å². The molecular weight excluding hydrogens is 407 g/mol. The van der Waals surface area contributed by atoms with E-state index in [4.69, 9.17) is 0 Å². The highest BCUT2D eigenvalue weighted by atomic mass is 79.9. The van der Waals surface area contributed by atoms with Crippen LogP contribution in [-0.2, 0) is 10.1 Å². The molecule has 0 fully saturated rings. The molecule has 3 rings (SSSR count). The molecule has 0 amide bonds. The SMILES string of the molecule is C[C@](C#N)(NP(=O)(c1ccccc1)c1ccccc1)c1ccc(Br)cc1. The number of hydrogen-bond donors (Lipinski definition) is 1. The Bertz CT molecular complexity index is 925. The van der Waals surface area contributed by atoms with Crippen molar-refractivity contribution >= 4 is 33.8 Å². The first-order valence-corrected chi connectivity index (χ1v) is 10.7. The van der Waals surface area contributed by atoms with Gasteiger partial charge in [0, 0.05) is 15.1 Å². The highest BCUT2D eigenvalue weighted by molar-refractivity contribution is 9.10. The molecule has 26 heavy (non-hydrogen) atoms. The summed E-state index contributed by atoms with van der Waals surface area (Å²) in [7, 11) is -3.22. The van der Waals surface area contributed by atoms with E-state index in [-0.39, 0.29) is 0 Å². The molecule has 0 aliphatic heterocycles. The van der Waals surface area contributed by atoms with Gasteiger partial charge >= 0.3 is 0 Å². The number of halogens is 1. The summed E-state index contributed by atoms with van der Waals surface area (Å²) >= 11 is 3.41. The fraction of sp³-hybridized carbons (Fsp3) is 0.0952. The average molecular weight is 425 g/mol. The van der Waals surface area contributed by atoms with Crippen molar-refractivity contribution < 1.29 is 4.57 Å². The van der Waals surface area contributed by atoms with E-state index in [2.05, 4.69) is 27.1 Å². The summed E-state index contributed by atoms with van der Waals surface area (Å²) in [5, 5.41) is 14.5. The third-order valence-corrected chi connectivity index (χ3v) is 7.61. The van der Waals surface area contributed by atoms with E-state index in [9.17, 15) is 9.83 Å². The Morgan fingerprint density at radius 1 is 0.885 bits per heavy atom. The molecule has 0 saturated carbocycles. The lowest BCUT2D eigenvalue weighted by atomic mass is 9.95. The Balaban J connectivity index is 2.13. The minimum atomic E-state index is -3.22. The van der Waals surface area contributed by atoms with Crippen LogP contribution in [-0.4, -0.2) is 0 Å².